The summed E-state index contributed by atoms with van der Waals surface area (Å²) in [4.78, 5) is 21.2. The Kier molecular flexibility index (Phi) is 7.62. The molecule has 0 atom stereocenters. The Morgan fingerprint density at radius 3 is 2.32 bits per heavy atom. The number of piperazine rings is 1. The van der Waals surface area contributed by atoms with Crippen molar-refractivity contribution in [2.24, 2.45) is 5.73 Å². The minimum Gasteiger partial charge on any atom is -0.504 e. The van der Waals surface area contributed by atoms with Crippen molar-refractivity contribution in [1.29, 1.82) is 5.41 Å². The number of amidine groups is 1. The van der Waals surface area contributed by atoms with Crippen LogP contribution in [0, 0.1) is 17.0 Å². The van der Waals surface area contributed by atoms with Gasteiger partial charge >= 0.3 is 0 Å². The zero-order valence-corrected chi connectivity index (χ0v) is 21.2. The van der Waals surface area contributed by atoms with Crippen molar-refractivity contribution in [2.75, 3.05) is 52.2 Å². The Labute approximate surface area is 218 Å². The van der Waals surface area contributed by atoms with E-state index in [1.54, 1.807) is 26.2 Å². The van der Waals surface area contributed by atoms with Gasteiger partial charge in [-0.05, 0) is 43.4 Å². The summed E-state index contributed by atoms with van der Waals surface area (Å²) in [6.45, 7) is 1.82. The van der Waals surface area contributed by atoms with Crippen LogP contribution in [0.25, 0.3) is 0 Å². The van der Waals surface area contributed by atoms with E-state index in [2.05, 4.69) is 4.98 Å². The molecule has 0 spiro atoms. The van der Waals surface area contributed by atoms with E-state index in [4.69, 9.17) is 20.6 Å². The maximum absolute atomic E-state index is 15.7. The standard InChI is InChI=1S/C26H28F2N6O4/c1-32(2)26(36)16-5-4-6-17(13-16)37-24-20(27)22(34-11-9-33(3)10-12-34)21(28)25(31-24)38-19-14-15(23(29)30)7-8-18(19)35/h4-8,13-14,35H,9-12H2,1-3H3,(H3,29,30). The summed E-state index contributed by atoms with van der Waals surface area (Å²) in [7, 11) is 5.10. The van der Waals surface area contributed by atoms with Gasteiger partial charge in [0, 0.05) is 51.4 Å². The number of nitrogens with two attached hydrogens (primary N) is 1. The summed E-state index contributed by atoms with van der Waals surface area (Å²) in [6.07, 6.45) is 0. The van der Waals surface area contributed by atoms with E-state index in [-0.39, 0.29) is 40.2 Å². The molecule has 1 aromatic heterocycles. The highest BCUT2D eigenvalue weighted by molar-refractivity contribution is 5.95. The average molecular weight is 527 g/mol. The zero-order chi connectivity index (χ0) is 27.6. The molecule has 0 saturated carbocycles. The molecule has 0 unspecified atom stereocenters. The van der Waals surface area contributed by atoms with E-state index >= 15 is 8.78 Å². The van der Waals surface area contributed by atoms with Crippen molar-refractivity contribution in [1.82, 2.24) is 14.8 Å². The predicted molar refractivity (Wildman–Crippen MR) is 138 cm³/mol. The second-order valence-corrected chi connectivity index (χ2v) is 9.02. The third-order valence-electron chi connectivity index (χ3n) is 5.99. The number of phenolic OH excluding ortho intramolecular Hbond substituents is 1. The minimum absolute atomic E-state index is 0.104. The van der Waals surface area contributed by atoms with Gasteiger partial charge < -0.3 is 35.0 Å². The summed E-state index contributed by atoms with van der Waals surface area (Å²) >= 11 is 0. The van der Waals surface area contributed by atoms with Crippen molar-refractivity contribution in [3.05, 3.63) is 65.2 Å². The molecule has 1 saturated heterocycles. The number of pyridine rings is 1. The Hall–Kier alpha value is -4.45. The van der Waals surface area contributed by atoms with Gasteiger partial charge in [0.1, 0.15) is 17.3 Å². The lowest BCUT2D eigenvalue weighted by Gasteiger charge is -2.34. The fraction of sp³-hybridized carbons (Fsp3) is 0.269. The van der Waals surface area contributed by atoms with Gasteiger partial charge in [-0.1, -0.05) is 6.07 Å². The van der Waals surface area contributed by atoms with E-state index in [0.717, 1.165) is 0 Å². The second kappa shape index (κ2) is 10.9. The number of nitrogens with one attached hydrogen (secondary N) is 1. The maximum Gasteiger partial charge on any atom is 0.261 e. The number of rotatable bonds is 7. The molecule has 2 aromatic carbocycles. The van der Waals surface area contributed by atoms with Gasteiger partial charge in [0.2, 0.25) is 11.6 Å². The van der Waals surface area contributed by atoms with E-state index < -0.39 is 23.4 Å². The summed E-state index contributed by atoms with van der Waals surface area (Å²) in [6, 6.07) is 9.95. The Morgan fingerprint density at radius 2 is 1.68 bits per heavy atom. The molecule has 1 amide bonds. The molecule has 200 valence electrons. The lowest BCUT2D eigenvalue weighted by atomic mass is 10.2. The van der Waals surface area contributed by atoms with Crippen LogP contribution in [0.4, 0.5) is 14.5 Å². The van der Waals surface area contributed by atoms with Crippen LogP contribution in [-0.4, -0.2) is 79.0 Å². The number of aromatic hydroxyl groups is 1. The van der Waals surface area contributed by atoms with Gasteiger partial charge in [-0.15, -0.1) is 0 Å². The first-order valence-corrected chi connectivity index (χ1v) is 11.7. The number of aromatic nitrogens is 1. The van der Waals surface area contributed by atoms with Crippen LogP contribution in [0.2, 0.25) is 0 Å². The largest absolute Gasteiger partial charge is 0.504 e. The number of hydrogen-bond acceptors (Lipinski definition) is 8. The first-order valence-electron chi connectivity index (χ1n) is 11.7. The molecule has 0 radical (unpaired) electrons. The van der Waals surface area contributed by atoms with E-state index in [9.17, 15) is 9.90 Å². The summed E-state index contributed by atoms with van der Waals surface area (Å²) in [5.41, 5.74) is 5.66. The summed E-state index contributed by atoms with van der Waals surface area (Å²) < 4.78 is 42.8. The van der Waals surface area contributed by atoms with Gasteiger partial charge in [-0.2, -0.15) is 13.8 Å². The third kappa shape index (κ3) is 5.59. The van der Waals surface area contributed by atoms with Crippen molar-refractivity contribution >= 4 is 17.4 Å². The SMILES string of the molecule is CN1CCN(c2c(F)c(Oc3cccc(C(=O)N(C)C)c3)nc(Oc3cc(C(=N)N)ccc3O)c2F)CC1. The van der Waals surface area contributed by atoms with Crippen LogP contribution < -0.4 is 20.1 Å². The van der Waals surface area contributed by atoms with Crippen LogP contribution in [0.5, 0.6) is 29.0 Å². The first kappa shape index (κ1) is 26.6. The molecule has 0 bridgehead atoms. The first-order chi connectivity index (χ1) is 18.0. The Balaban J connectivity index is 1.79. The smallest absolute Gasteiger partial charge is 0.261 e. The fourth-order valence-corrected chi connectivity index (χ4v) is 3.86. The van der Waals surface area contributed by atoms with Crippen LogP contribution >= 0.6 is 0 Å². The molecule has 1 aliphatic heterocycles. The van der Waals surface area contributed by atoms with E-state index in [1.165, 1.54) is 40.1 Å². The number of anilines is 1. The quantitative estimate of drug-likeness (QED) is 0.316. The monoisotopic (exact) mass is 526 g/mol. The highest BCUT2D eigenvalue weighted by Crippen LogP contribution is 2.40. The molecule has 0 aliphatic carbocycles. The van der Waals surface area contributed by atoms with Gasteiger partial charge in [-0.3, -0.25) is 10.2 Å². The van der Waals surface area contributed by atoms with Crippen molar-refractivity contribution in [3.63, 3.8) is 0 Å². The number of amides is 1. The second-order valence-electron chi connectivity index (χ2n) is 9.02. The van der Waals surface area contributed by atoms with E-state index in [0.29, 0.717) is 31.7 Å². The third-order valence-corrected chi connectivity index (χ3v) is 5.99. The molecule has 1 aliphatic rings. The van der Waals surface area contributed by atoms with Crippen molar-refractivity contribution in [3.8, 4) is 29.0 Å². The Bertz CT molecular complexity index is 1380. The topological polar surface area (TPSA) is 128 Å². The number of nitrogens with zero attached hydrogens (tertiary/aromatic N) is 4. The van der Waals surface area contributed by atoms with Gasteiger partial charge in [0.15, 0.2) is 11.5 Å². The normalized spacial score (nSPS) is 13.8. The van der Waals surface area contributed by atoms with Crippen LogP contribution in [0.15, 0.2) is 42.5 Å². The van der Waals surface area contributed by atoms with Crippen LogP contribution in [0.3, 0.4) is 0 Å². The maximum atomic E-state index is 15.7. The zero-order valence-electron chi connectivity index (χ0n) is 21.2. The molecular weight excluding hydrogens is 498 g/mol. The number of halogens is 2. The lowest BCUT2D eigenvalue weighted by Crippen LogP contribution is -2.45. The number of ether oxygens (including phenoxy) is 2. The summed E-state index contributed by atoms with van der Waals surface area (Å²) in [5, 5.41) is 17.9. The minimum atomic E-state index is -1.08. The average Bonchev–Trinajstić information content (AvgIpc) is 2.88. The Morgan fingerprint density at radius 1 is 1.03 bits per heavy atom. The predicted octanol–water partition coefficient (Wildman–Crippen LogP) is 3.39. The molecule has 38 heavy (non-hydrogen) atoms. The molecule has 1 fully saturated rings. The molecule has 3 aromatic rings. The fourth-order valence-electron chi connectivity index (χ4n) is 3.86. The molecule has 12 heteroatoms. The van der Waals surface area contributed by atoms with E-state index in [1.807, 2.05) is 11.9 Å². The number of hydrogen-bond donors (Lipinski definition) is 3. The van der Waals surface area contributed by atoms with Crippen LogP contribution in [-0.2, 0) is 0 Å². The number of carbonyl (C=O) groups excluding carboxylic acids is 1. The number of nitrogen functional groups attached to an aromatic ring is 1. The number of benzene rings is 2. The van der Waals surface area contributed by atoms with Crippen molar-refractivity contribution in [2.45, 2.75) is 0 Å². The van der Waals surface area contributed by atoms with Gasteiger partial charge in [0.05, 0.1) is 0 Å². The number of likely N-dealkylation sites (N-methyl/N-ethyl adjacent to an activating group) is 1. The van der Waals surface area contributed by atoms with Crippen LogP contribution in [0.1, 0.15) is 15.9 Å². The highest BCUT2D eigenvalue weighted by atomic mass is 19.1. The summed E-state index contributed by atoms with van der Waals surface area (Å²) in [5.74, 6) is -4.41. The molecule has 4 rings (SSSR count). The highest BCUT2D eigenvalue weighted by Gasteiger charge is 2.29. The number of phenols is 1. The molecular formula is C26H28F2N6O4. The number of carbonyl (C=O) groups is 1. The van der Waals surface area contributed by atoms with Crippen molar-refractivity contribution < 1.29 is 28.2 Å². The van der Waals surface area contributed by atoms with Gasteiger partial charge in [0.25, 0.3) is 17.7 Å². The molecule has 4 N–H and O–H groups in total. The lowest BCUT2D eigenvalue weighted by molar-refractivity contribution is 0.0827. The van der Waals surface area contributed by atoms with Gasteiger partial charge in [-0.25, -0.2) is 0 Å². The molecule has 2 heterocycles. The molecule has 10 nitrogen and oxygen atoms in total.